The maximum absolute atomic E-state index is 12.9. The number of Topliss-reactive ketones (excluding diaryl/α,β-unsaturated/α-hetero) is 1. The molecule has 0 saturated heterocycles. The highest BCUT2D eigenvalue weighted by Gasteiger charge is 2.25. The molecule has 1 amide bonds. The van der Waals surface area contributed by atoms with Gasteiger partial charge in [0.05, 0.1) is 11.3 Å². The van der Waals surface area contributed by atoms with Crippen LogP contribution in [-0.2, 0) is 4.74 Å². The molecule has 2 N–H and O–H groups in total. The fraction of sp³-hybridized carbons (Fsp3) is 0.136. The summed E-state index contributed by atoms with van der Waals surface area (Å²) in [5, 5.41) is 3.91. The van der Waals surface area contributed by atoms with Gasteiger partial charge < -0.3 is 19.5 Å². The molecule has 0 fully saturated rings. The van der Waals surface area contributed by atoms with Gasteiger partial charge in [0.25, 0.3) is 5.91 Å². The molecule has 0 unspecified atom stereocenters. The lowest BCUT2D eigenvalue weighted by atomic mass is 10.0. The van der Waals surface area contributed by atoms with E-state index in [9.17, 15) is 14.4 Å². The van der Waals surface area contributed by atoms with E-state index >= 15 is 0 Å². The average molecular weight is 422 g/mol. The Bertz CT molecular complexity index is 1240. The molecule has 30 heavy (non-hydrogen) atoms. The topological polar surface area (TPSA) is 101 Å². The Hall–Kier alpha value is -3.65. The van der Waals surface area contributed by atoms with Gasteiger partial charge in [0, 0.05) is 22.2 Å². The van der Waals surface area contributed by atoms with Crippen LogP contribution in [0.25, 0.3) is 10.9 Å². The van der Waals surface area contributed by atoms with Gasteiger partial charge in [0.15, 0.2) is 11.9 Å². The number of carbonyl (C=O) groups excluding carboxylic acids is 3. The zero-order valence-electron chi connectivity index (χ0n) is 16.2. The number of carbonyl (C=O) groups is 3. The van der Waals surface area contributed by atoms with E-state index in [0.717, 1.165) is 27.9 Å². The summed E-state index contributed by atoms with van der Waals surface area (Å²) in [5.74, 6) is -1.15. The Labute approximate surface area is 175 Å². The highest BCUT2D eigenvalue weighted by Crippen LogP contribution is 2.26. The molecule has 0 saturated carbocycles. The molecule has 1 aromatic carbocycles. The molecule has 3 aromatic heterocycles. The number of ketones is 1. The Morgan fingerprint density at radius 3 is 2.67 bits per heavy atom. The first-order chi connectivity index (χ1) is 14.4. The van der Waals surface area contributed by atoms with Crippen molar-refractivity contribution in [1.82, 2.24) is 4.98 Å². The van der Waals surface area contributed by atoms with Crippen LogP contribution in [0.4, 0.5) is 5.00 Å². The Morgan fingerprint density at radius 2 is 1.90 bits per heavy atom. The number of H-pyrrole nitrogens is 1. The number of fused-ring (bicyclic) bond motifs is 1. The highest BCUT2D eigenvalue weighted by atomic mass is 32.1. The SMILES string of the molecule is Cc1[nH]c2ccccc2c1C(=O)[C@H](C)OC(=O)c1ccc(NC(=O)c2ccco2)s1. The minimum atomic E-state index is -0.960. The zero-order chi connectivity index (χ0) is 21.3. The number of anilines is 1. The van der Waals surface area contributed by atoms with Crippen LogP contribution in [0, 0.1) is 6.92 Å². The van der Waals surface area contributed by atoms with Gasteiger partial charge in [0.2, 0.25) is 5.78 Å². The molecule has 0 spiro atoms. The zero-order valence-corrected chi connectivity index (χ0v) is 17.0. The third-order valence-electron chi connectivity index (χ3n) is 4.58. The molecule has 0 radical (unpaired) electrons. The molecule has 0 aliphatic rings. The van der Waals surface area contributed by atoms with Gasteiger partial charge in [-0.05, 0) is 44.2 Å². The van der Waals surface area contributed by atoms with E-state index in [0.29, 0.717) is 10.6 Å². The lowest BCUT2D eigenvalue weighted by Crippen LogP contribution is -2.24. The minimum absolute atomic E-state index is 0.167. The van der Waals surface area contributed by atoms with E-state index in [2.05, 4.69) is 10.3 Å². The molecule has 1 atom stereocenters. The van der Waals surface area contributed by atoms with Crippen molar-refractivity contribution in [2.24, 2.45) is 0 Å². The summed E-state index contributed by atoms with van der Waals surface area (Å²) in [4.78, 5) is 40.9. The van der Waals surface area contributed by atoms with Crippen molar-refractivity contribution in [3.05, 3.63) is 76.7 Å². The number of hydrogen-bond acceptors (Lipinski definition) is 6. The summed E-state index contributed by atoms with van der Waals surface area (Å²) in [6, 6.07) is 13.8. The Kier molecular flexibility index (Phi) is 5.24. The summed E-state index contributed by atoms with van der Waals surface area (Å²) < 4.78 is 10.4. The summed E-state index contributed by atoms with van der Waals surface area (Å²) in [7, 11) is 0. The number of ether oxygens (including phenoxy) is 1. The maximum atomic E-state index is 12.9. The second kappa shape index (κ2) is 8.00. The second-order valence-electron chi connectivity index (χ2n) is 6.68. The van der Waals surface area contributed by atoms with E-state index in [1.54, 1.807) is 25.1 Å². The van der Waals surface area contributed by atoms with Gasteiger partial charge in [-0.3, -0.25) is 9.59 Å². The van der Waals surface area contributed by atoms with Gasteiger partial charge in [-0.1, -0.05) is 18.2 Å². The van der Waals surface area contributed by atoms with Crippen LogP contribution in [0.1, 0.15) is 43.2 Å². The van der Waals surface area contributed by atoms with Crippen LogP contribution in [0.15, 0.2) is 59.2 Å². The number of hydrogen-bond donors (Lipinski definition) is 2. The molecule has 8 heteroatoms. The van der Waals surface area contributed by atoms with Crippen molar-refractivity contribution >= 4 is 44.9 Å². The number of aromatic nitrogens is 1. The van der Waals surface area contributed by atoms with Crippen molar-refractivity contribution in [2.45, 2.75) is 20.0 Å². The smallest absolute Gasteiger partial charge is 0.349 e. The summed E-state index contributed by atoms with van der Waals surface area (Å²) in [6.45, 7) is 3.36. The number of benzene rings is 1. The monoisotopic (exact) mass is 422 g/mol. The first-order valence-electron chi connectivity index (χ1n) is 9.21. The van der Waals surface area contributed by atoms with Gasteiger partial charge in [-0.25, -0.2) is 4.79 Å². The largest absolute Gasteiger partial charge is 0.459 e. The number of amides is 1. The van der Waals surface area contributed by atoms with E-state index in [4.69, 9.17) is 9.15 Å². The van der Waals surface area contributed by atoms with Crippen LogP contribution >= 0.6 is 11.3 Å². The van der Waals surface area contributed by atoms with Crippen molar-refractivity contribution in [2.75, 3.05) is 5.32 Å². The highest BCUT2D eigenvalue weighted by molar-refractivity contribution is 7.18. The first-order valence-corrected chi connectivity index (χ1v) is 10.0. The van der Waals surface area contributed by atoms with Crippen molar-refractivity contribution in [3.8, 4) is 0 Å². The predicted octanol–water partition coefficient (Wildman–Crippen LogP) is 4.81. The number of thiophene rings is 1. The first kappa shape index (κ1) is 19.7. The van der Waals surface area contributed by atoms with Gasteiger partial charge in [0.1, 0.15) is 4.88 Å². The fourth-order valence-corrected chi connectivity index (χ4v) is 3.95. The number of aromatic amines is 1. The standard InChI is InChI=1S/C22H18N2O5S/c1-12-19(14-6-3-4-7-15(14)23-12)20(25)13(2)29-22(27)17-9-10-18(30-17)24-21(26)16-8-5-11-28-16/h3-11,13,23H,1-2H3,(H,24,26)/t13-/m0/s1. The van der Waals surface area contributed by atoms with E-state index in [1.165, 1.54) is 12.3 Å². The number of furan rings is 1. The molecule has 7 nitrogen and oxygen atoms in total. The minimum Gasteiger partial charge on any atom is -0.459 e. The summed E-state index contributed by atoms with van der Waals surface area (Å²) in [6.07, 6.45) is 0.443. The number of esters is 1. The molecule has 0 aliphatic carbocycles. The summed E-state index contributed by atoms with van der Waals surface area (Å²) in [5.41, 5.74) is 2.10. The van der Waals surface area contributed by atoms with Gasteiger partial charge in [-0.2, -0.15) is 0 Å². The van der Waals surface area contributed by atoms with Crippen LogP contribution in [0.3, 0.4) is 0 Å². The molecule has 4 aromatic rings. The quantitative estimate of drug-likeness (QED) is 0.343. The lowest BCUT2D eigenvalue weighted by molar-refractivity contribution is 0.0324. The van der Waals surface area contributed by atoms with Crippen LogP contribution in [-0.4, -0.2) is 28.7 Å². The van der Waals surface area contributed by atoms with Crippen molar-refractivity contribution in [1.29, 1.82) is 0 Å². The van der Waals surface area contributed by atoms with Gasteiger partial charge in [-0.15, -0.1) is 11.3 Å². The molecule has 0 aliphatic heterocycles. The lowest BCUT2D eigenvalue weighted by Gasteiger charge is -2.12. The predicted molar refractivity (Wildman–Crippen MR) is 113 cm³/mol. The molecule has 3 heterocycles. The van der Waals surface area contributed by atoms with E-state index in [-0.39, 0.29) is 16.4 Å². The average Bonchev–Trinajstić information content (AvgIpc) is 3.46. The number of nitrogens with one attached hydrogen (secondary N) is 2. The molecular weight excluding hydrogens is 404 g/mol. The third kappa shape index (κ3) is 3.77. The summed E-state index contributed by atoms with van der Waals surface area (Å²) >= 11 is 1.06. The number of para-hydroxylation sites is 1. The Morgan fingerprint density at radius 1 is 1.10 bits per heavy atom. The fourth-order valence-electron chi connectivity index (χ4n) is 3.17. The molecule has 0 bridgehead atoms. The number of rotatable bonds is 6. The van der Waals surface area contributed by atoms with Crippen LogP contribution < -0.4 is 5.32 Å². The van der Waals surface area contributed by atoms with Crippen molar-refractivity contribution < 1.29 is 23.5 Å². The van der Waals surface area contributed by atoms with E-state index in [1.807, 2.05) is 31.2 Å². The molecule has 4 rings (SSSR count). The Balaban J connectivity index is 1.44. The maximum Gasteiger partial charge on any atom is 0.349 e. The van der Waals surface area contributed by atoms with Gasteiger partial charge >= 0.3 is 5.97 Å². The van der Waals surface area contributed by atoms with Crippen LogP contribution in [0.5, 0.6) is 0 Å². The molecular formula is C22H18N2O5S. The normalized spacial score (nSPS) is 11.9. The third-order valence-corrected chi connectivity index (χ3v) is 5.56. The van der Waals surface area contributed by atoms with E-state index < -0.39 is 18.0 Å². The number of aryl methyl sites for hydroxylation is 1. The van der Waals surface area contributed by atoms with Crippen LogP contribution in [0.2, 0.25) is 0 Å². The second-order valence-corrected chi connectivity index (χ2v) is 7.76. The molecule has 152 valence electrons. The van der Waals surface area contributed by atoms with Crippen molar-refractivity contribution in [3.63, 3.8) is 0 Å².